The number of H-pyrrole nitrogens is 1. The zero-order valence-corrected chi connectivity index (χ0v) is 24.1. The van der Waals surface area contributed by atoms with Crippen LogP contribution in [0.25, 0.3) is 22.0 Å². The van der Waals surface area contributed by atoms with E-state index in [4.69, 9.17) is 9.84 Å². The topological polar surface area (TPSA) is 75.2 Å². The van der Waals surface area contributed by atoms with Gasteiger partial charge in [0.25, 0.3) is 5.56 Å². The molecule has 4 aromatic rings. The third-order valence-corrected chi connectivity index (χ3v) is 8.70. The van der Waals surface area contributed by atoms with Gasteiger partial charge in [0, 0.05) is 49.4 Å². The third-order valence-electron chi connectivity index (χ3n) is 8.70. The Morgan fingerprint density at radius 1 is 1.00 bits per heavy atom. The smallest absolute Gasteiger partial charge is 0.252 e. The number of benzene rings is 2. The van der Waals surface area contributed by atoms with Gasteiger partial charge in [-0.05, 0) is 85.2 Å². The van der Waals surface area contributed by atoms with Crippen molar-refractivity contribution in [2.45, 2.75) is 72.1 Å². The minimum atomic E-state index is -0.00857. The summed E-state index contributed by atoms with van der Waals surface area (Å²) in [7, 11) is 0. The summed E-state index contributed by atoms with van der Waals surface area (Å²) < 4.78 is 7.79. The van der Waals surface area contributed by atoms with E-state index < -0.39 is 0 Å². The van der Waals surface area contributed by atoms with Crippen LogP contribution in [0.15, 0.2) is 47.4 Å². The molecule has 7 heteroatoms. The highest BCUT2D eigenvalue weighted by atomic mass is 16.5. The quantitative estimate of drug-likeness (QED) is 0.307. The lowest BCUT2D eigenvalue weighted by Gasteiger charge is -2.26. The Bertz CT molecular complexity index is 1560. The Kier molecular flexibility index (Phi) is 7.87. The lowest BCUT2D eigenvalue weighted by Crippen LogP contribution is -2.35. The fraction of sp³-hybridized carbons (Fsp3) is 0.455. The number of nitrogens with one attached hydrogen (secondary N) is 2. The van der Waals surface area contributed by atoms with Crippen molar-refractivity contribution in [3.8, 4) is 11.1 Å². The number of hydrogen-bond donors (Lipinski definition) is 2. The fourth-order valence-electron chi connectivity index (χ4n) is 6.55. The zero-order chi connectivity index (χ0) is 27.6. The van der Waals surface area contributed by atoms with Gasteiger partial charge in [0.05, 0.1) is 31.0 Å². The van der Waals surface area contributed by atoms with Crippen LogP contribution in [-0.2, 0) is 24.4 Å². The number of morpholine rings is 1. The number of aromatic nitrogens is 3. The van der Waals surface area contributed by atoms with Gasteiger partial charge in [0.1, 0.15) is 0 Å². The van der Waals surface area contributed by atoms with Crippen molar-refractivity contribution in [1.82, 2.24) is 25.0 Å². The van der Waals surface area contributed by atoms with Gasteiger partial charge in [-0.15, -0.1) is 0 Å². The predicted octanol–water partition coefficient (Wildman–Crippen LogP) is 5.55. The van der Waals surface area contributed by atoms with E-state index in [9.17, 15) is 4.79 Å². The van der Waals surface area contributed by atoms with Gasteiger partial charge in [0.15, 0.2) is 0 Å². The SMILES string of the molecule is Cc1cc(C)c(CNCc2cc(-c3ccc(CN4CCOCC4)cc3C)cc3c2cnn3C2CCCC2)c(=O)[nH]1. The lowest BCUT2D eigenvalue weighted by molar-refractivity contribution is 0.0342. The van der Waals surface area contributed by atoms with Crippen LogP contribution in [0.1, 0.15) is 65.2 Å². The molecule has 1 saturated heterocycles. The van der Waals surface area contributed by atoms with Crippen molar-refractivity contribution in [2.24, 2.45) is 0 Å². The highest BCUT2D eigenvalue weighted by Crippen LogP contribution is 2.35. The van der Waals surface area contributed by atoms with E-state index in [1.165, 1.54) is 64.4 Å². The summed E-state index contributed by atoms with van der Waals surface area (Å²) in [5, 5.41) is 9.66. The van der Waals surface area contributed by atoms with Crippen molar-refractivity contribution in [3.63, 3.8) is 0 Å². The first kappa shape index (κ1) is 26.9. The Morgan fingerprint density at radius 2 is 1.80 bits per heavy atom. The molecule has 2 fully saturated rings. The minimum absolute atomic E-state index is 0.00857. The molecule has 6 rings (SSSR count). The minimum Gasteiger partial charge on any atom is -0.379 e. The average Bonchev–Trinajstić information content (AvgIpc) is 3.61. The molecular weight excluding hydrogens is 498 g/mol. The highest BCUT2D eigenvalue weighted by molar-refractivity contribution is 5.88. The van der Waals surface area contributed by atoms with Crippen molar-refractivity contribution < 1.29 is 4.74 Å². The second kappa shape index (κ2) is 11.7. The Morgan fingerprint density at radius 3 is 2.55 bits per heavy atom. The number of ether oxygens (including phenoxy) is 1. The molecule has 210 valence electrons. The second-order valence-electron chi connectivity index (χ2n) is 11.7. The van der Waals surface area contributed by atoms with Gasteiger partial charge in [-0.1, -0.05) is 31.0 Å². The predicted molar refractivity (Wildman–Crippen MR) is 161 cm³/mol. The molecule has 0 spiro atoms. The normalized spacial score (nSPS) is 16.8. The molecule has 0 atom stereocenters. The first-order valence-corrected chi connectivity index (χ1v) is 14.8. The maximum atomic E-state index is 12.6. The summed E-state index contributed by atoms with van der Waals surface area (Å²) in [6.45, 7) is 11.9. The molecule has 2 aliphatic rings. The molecule has 1 saturated carbocycles. The van der Waals surface area contributed by atoms with Crippen molar-refractivity contribution in [1.29, 1.82) is 0 Å². The van der Waals surface area contributed by atoms with Crippen LogP contribution >= 0.6 is 0 Å². The van der Waals surface area contributed by atoms with Crippen LogP contribution in [0.5, 0.6) is 0 Å². The van der Waals surface area contributed by atoms with Crippen molar-refractivity contribution in [2.75, 3.05) is 26.3 Å². The molecule has 0 radical (unpaired) electrons. The number of nitrogens with zero attached hydrogens (tertiary/aromatic N) is 3. The molecule has 1 aliphatic carbocycles. The molecular formula is C33H41N5O2. The molecule has 1 aliphatic heterocycles. The molecule has 0 unspecified atom stereocenters. The fourth-order valence-corrected chi connectivity index (χ4v) is 6.55. The first-order valence-electron chi connectivity index (χ1n) is 14.8. The first-order chi connectivity index (χ1) is 19.5. The molecule has 0 amide bonds. The lowest BCUT2D eigenvalue weighted by atomic mass is 9.95. The Labute approximate surface area is 236 Å². The van der Waals surface area contributed by atoms with E-state index >= 15 is 0 Å². The van der Waals surface area contributed by atoms with Crippen LogP contribution in [0.4, 0.5) is 0 Å². The van der Waals surface area contributed by atoms with Crippen molar-refractivity contribution in [3.05, 3.63) is 86.5 Å². The summed E-state index contributed by atoms with van der Waals surface area (Å²) in [4.78, 5) is 18.0. The van der Waals surface area contributed by atoms with Crippen LogP contribution in [0, 0.1) is 20.8 Å². The summed E-state index contributed by atoms with van der Waals surface area (Å²) in [6.07, 6.45) is 6.97. The van der Waals surface area contributed by atoms with Gasteiger partial charge in [-0.2, -0.15) is 5.10 Å². The number of pyridine rings is 1. The second-order valence-corrected chi connectivity index (χ2v) is 11.7. The number of aryl methyl sites for hydroxylation is 3. The van der Waals surface area contributed by atoms with E-state index in [1.54, 1.807) is 0 Å². The number of hydrogen-bond acceptors (Lipinski definition) is 5. The molecule has 2 N–H and O–H groups in total. The van der Waals surface area contributed by atoms with Gasteiger partial charge in [0.2, 0.25) is 0 Å². The Balaban J connectivity index is 1.31. The summed E-state index contributed by atoms with van der Waals surface area (Å²) in [5.41, 5.74) is 10.3. The van der Waals surface area contributed by atoms with E-state index in [1.807, 2.05) is 26.1 Å². The van der Waals surface area contributed by atoms with Gasteiger partial charge >= 0.3 is 0 Å². The Hall–Kier alpha value is -3.26. The summed E-state index contributed by atoms with van der Waals surface area (Å²) >= 11 is 0. The molecule has 0 bridgehead atoms. The van der Waals surface area contributed by atoms with Crippen LogP contribution in [-0.4, -0.2) is 46.0 Å². The van der Waals surface area contributed by atoms with Crippen LogP contribution < -0.4 is 10.9 Å². The zero-order valence-electron chi connectivity index (χ0n) is 24.1. The number of aromatic amines is 1. The van der Waals surface area contributed by atoms with Gasteiger partial charge in [-0.25, -0.2) is 0 Å². The monoisotopic (exact) mass is 539 g/mol. The largest absolute Gasteiger partial charge is 0.379 e. The molecule has 3 heterocycles. The van der Waals surface area contributed by atoms with E-state index in [0.717, 1.165) is 49.7 Å². The molecule has 2 aromatic carbocycles. The maximum absolute atomic E-state index is 12.6. The molecule has 2 aromatic heterocycles. The van der Waals surface area contributed by atoms with E-state index in [-0.39, 0.29) is 5.56 Å². The van der Waals surface area contributed by atoms with Crippen LogP contribution in [0.2, 0.25) is 0 Å². The average molecular weight is 540 g/mol. The van der Waals surface area contributed by atoms with Gasteiger partial charge in [-0.3, -0.25) is 14.4 Å². The van der Waals surface area contributed by atoms with E-state index in [0.29, 0.717) is 19.1 Å². The summed E-state index contributed by atoms with van der Waals surface area (Å²) in [5.74, 6) is 0. The maximum Gasteiger partial charge on any atom is 0.252 e. The molecule has 40 heavy (non-hydrogen) atoms. The summed E-state index contributed by atoms with van der Waals surface area (Å²) in [6, 6.07) is 14.1. The molecule has 7 nitrogen and oxygen atoms in total. The van der Waals surface area contributed by atoms with Gasteiger partial charge < -0.3 is 15.0 Å². The highest BCUT2D eigenvalue weighted by Gasteiger charge is 2.21. The number of fused-ring (bicyclic) bond motifs is 1. The van der Waals surface area contributed by atoms with Crippen molar-refractivity contribution >= 4 is 10.9 Å². The standard InChI is InChI=1S/C33H41N5O2/c1-22-14-24(3)36-33(39)30(22)19-34-18-27-16-26(17-32-31(27)20-35-38(32)28-6-4-5-7-28)29-9-8-25(15-23(29)2)21-37-10-12-40-13-11-37/h8-9,14-17,20,28,34H,4-7,10-13,18-19,21H2,1-3H3,(H,36,39). The third kappa shape index (κ3) is 5.64. The van der Waals surface area contributed by atoms with E-state index in [2.05, 4.69) is 57.1 Å². The van der Waals surface area contributed by atoms with Crippen LogP contribution in [0.3, 0.4) is 0 Å². The number of rotatable bonds is 8.